The maximum Gasteiger partial charge on any atom is 0.282 e. The minimum absolute atomic E-state index is 0.139. The van der Waals surface area contributed by atoms with Gasteiger partial charge in [0, 0.05) is 7.05 Å². The average molecular weight is 256 g/mol. The molecule has 0 aliphatic heterocycles. The van der Waals surface area contributed by atoms with Crippen LogP contribution >= 0.6 is 15.9 Å². The van der Waals surface area contributed by atoms with Crippen LogP contribution < -0.4 is 10.9 Å². The Morgan fingerprint density at radius 3 is 3.00 bits per heavy atom. The van der Waals surface area contributed by atoms with Gasteiger partial charge in [-0.1, -0.05) is 5.92 Å². The summed E-state index contributed by atoms with van der Waals surface area (Å²) in [6, 6.07) is -0.139. The van der Waals surface area contributed by atoms with E-state index in [1.165, 1.54) is 4.68 Å². The minimum atomic E-state index is -0.195. The quantitative estimate of drug-likeness (QED) is 0.802. The number of halogens is 1. The van der Waals surface area contributed by atoms with Gasteiger partial charge in [0.15, 0.2) is 0 Å². The molecule has 1 aromatic heterocycles. The first kappa shape index (κ1) is 10.8. The van der Waals surface area contributed by atoms with Gasteiger partial charge in [-0.25, -0.2) is 4.68 Å². The zero-order valence-electron chi connectivity index (χ0n) is 7.91. The maximum atomic E-state index is 11.4. The van der Waals surface area contributed by atoms with E-state index in [1.807, 2.05) is 6.92 Å². The summed E-state index contributed by atoms with van der Waals surface area (Å²) in [6.07, 6.45) is 6.76. The molecule has 1 rings (SSSR count). The monoisotopic (exact) mass is 255 g/mol. The van der Waals surface area contributed by atoms with Gasteiger partial charge in [0.1, 0.15) is 4.47 Å². The molecule has 1 aromatic rings. The highest BCUT2D eigenvalue weighted by atomic mass is 79.9. The van der Waals surface area contributed by atoms with E-state index in [2.05, 4.69) is 32.3 Å². The predicted molar refractivity (Wildman–Crippen MR) is 59.1 cm³/mol. The molecule has 4 nitrogen and oxygen atoms in total. The highest BCUT2D eigenvalue weighted by Gasteiger charge is 2.07. The van der Waals surface area contributed by atoms with E-state index in [9.17, 15) is 4.79 Å². The summed E-state index contributed by atoms with van der Waals surface area (Å²) in [5.41, 5.74) is 0.415. The van der Waals surface area contributed by atoms with Crippen molar-refractivity contribution < 1.29 is 0 Å². The Labute approximate surface area is 90.5 Å². The molecule has 0 aromatic carbocycles. The van der Waals surface area contributed by atoms with Gasteiger partial charge in [-0.05, 0) is 22.9 Å². The highest BCUT2D eigenvalue weighted by Crippen LogP contribution is 2.16. The lowest BCUT2D eigenvalue weighted by molar-refractivity contribution is 0.702. The van der Waals surface area contributed by atoms with E-state index in [-0.39, 0.29) is 11.6 Å². The van der Waals surface area contributed by atoms with Crippen molar-refractivity contribution in [2.24, 2.45) is 7.05 Å². The van der Waals surface area contributed by atoms with Gasteiger partial charge in [-0.15, -0.1) is 6.42 Å². The van der Waals surface area contributed by atoms with Crippen LogP contribution in [0, 0.1) is 12.3 Å². The summed E-state index contributed by atoms with van der Waals surface area (Å²) in [5, 5.41) is 6.84. The fourth-order valence-electron chi connectivity index (χ4n) is 0.886. The van der Waals surface area contributed by atoms with Gasteiger partial charge in [-0.2, -0.15) is 5.10 Å². The lowest BCUT2D eigenvalue weighted by Crippen LogP contribution is -2.23. The number of rotatable bonds is 2. The molecule has 0 aliphatic carbocycles. The molecular formula is C9H10BrN3O. The molecule has 0 spiro atoms. The minimum Gasteiger partial charge on any atom is -0.369 e. The molecule has 74 valence electrons. The molecule has 1 unspecified atom stereocenters. The van der Waals surface area contributed by atoms with Crippen molar-refractivity contribution in [2.75, 3.05) is 5.32 Å². The molecule has 0 saturated carbocycles. The van der Waals surface area contributed by atoms with E-state index in [0.29, 0.717) is 10.2 Å². The van der Waals surface area contributed by atoms with E-state index in [4.69, 9.17) is 6.42 Å². The van der Waals surface area contributed by atoms with Gasteiger partial charge in [0.2, 0.25) is 0 Å². The Kier molecular flexibility index (Phi) is 3.31. The van der Waals surface area contributed by atoms with E-state index >= 15 is 0 Å². The summed E-state index contributed by atoms with van der Waals surface area (Å²) < 4.78 is 1.69. The van der Waals surface area contributed by atoms with Gasteiger partial charge in [0.25, 0.3) is 5.56 Å². The van der Waals surface area contributed by atoms with E-state index in [1.54, 1.807) is 13.2 Å². The smallest absolute Gasteiger partial charge is 0.282 e. The standard InChI is InChI=1S/C9H10BrN3O/c1-4-6(2)12-7-5-11-13(3)9(14)8(7)10/h1,5-6,12H,2-3H3. The van der Waals surface area contributed by atoms with Crippen molar-refractivity contribution in [3.63, 3.8) is 0 Å². The molecule has 14 heavy (non-hydrogen) atoms. The number of terminal acetylenes is 1. The number of aromatic nitrogens is 2. The van der Waals surface area contributed by atoms with Gasteiger partial charge in [0.05, 0.1) is 17.9 Å². The average Bonchev–Trinajstić information content (AvgIpc) is 2.19. The third kappa shape index (κ3) is 2.15. The molecule has 1 atom stereocenters. The molecule has 1 heterocycles. The Bertz CT molecular complexity index is 433. The van der Waals surface area contributed by atoms with Crippen LogP contribution in [-0.2, 0) is 7.05 Å². The number of hydrogen-bond donors (Lipinski definition) is 1. The molecule has 0 aliphatic rings. The van der Waals surface area contributed by atoms with Crippen molar-refractivity contribution >= 4 is 21.6 Å². The van der Waals surface area contributed by atoms with Crippen LogP contribution in [0.15, 0.2) is 15.5 Å². The second-order valence-electron chi connectivity index (χ2n) is 2.83. The lowest BCUT2D eigenvalue weighted by Gasteiger charge is -2.10. The molecule has 0 radical (unpaired) electrons. The summed E-state index contributed by atoms with van der Waals surface area (Å²) in [4.78, 5) is 11.4. The van der Waals surface area contributed by atoms with Crippen LogP contribution in [-0.4, -0.2) is 15.8 Å². The molecule has 0 saturated heterocycles. The number of nitrogens with one attached hydrogen (secondary N) is 1. The van der Waals surface area contributed by atoms with Crippen molar-refractivity contribution in [3.05, 3.63) is 21.0 Å². The Hall–Kier alpha value is -1.28. The molecule has 1 N–H and O–H groups in total. The van der Waals surface area contributed by atoms with Crippen molar-refractivity contribution in [1.29, 1.82) is 0 Å². The Morgan fingerprint density at radius 2 is 2.43 bits per heavy atom. The van der Waals surface area contributed by atoms with Gasteiger partial charge < -0.3 is 5.32 Å². The lowest BCUT2D eigenvalue weighted by atomic mass is 10.3. The van der Waals surface area contributed by atoms with Crippen LogP contribution in [0.4, 0.5) is 5.69 Å². The number of anilines is 1. The topological polar surface area (TPSA) is 46.9 Å². The maximum absolute atomic E-state index is 11.4. The number of nitrogens with zero attached hydrogens (tertiary/aromatic N) is 2. The zero-order valence-corrected chi connectivity index (χ0v) is 9.50. The molecule has 0 bridgehead atoms. The van der Waals surface area contributed by atoms with Crippen LogP contribution in [0.2, 0.25) is 0 Å². The first-order valence-electron chi connectivity index (χ1n) is 4.00. The first-order chi connectivity index (χ1) is 6.56. The summed E-state index contributed by atoms with van der Waals surface area (Å²) in [7, 11) is 1.58. The molecular weight excluding hydrogens is 246 g/mol. The van der Waals surface area contributed by atoms with Crippen LogP contribution in [0.3, 0.4) is 0 Å². The van der Waals surface area contributed by atoms with E-state index in [0.717, 1.165) is 0 Å². The second-order valence-corrected chi connectivity index (χ2v) is 3.63. The third-order valence-corrected chi connectivity index (χ3v) is 2.47. The summed E-state index contributed by atoms with van der Waals surface area (Å²) in [6.45, 7) is 1.82. The van der Waals surface area contributed by atoms with Gasteiger partial charge in [-0.3, -0.25) is 4.79 Å². The van der Waals surface area contributed by atoms with E-state index < -0.39 is 0 Å². The van der Waals surface area contributed by atoms with Crippen LogP contribution in [0.1, 0.15) is 6.92 Å². The third-order valence-electron chi connectivity index (χ3n) is 1.70. The Balaban J connectivity index is 3.08. The number of aryl methyl sites for hydroxylation is 1. The number of hydrogen-bond acceptors (Lipinski definition) is 3. The Morgan fingerprint density at radius 1 is 1.79 bits per heavy atom. The second kappa shape index (κ2) is 4.29. The zero-order chi connectivity index (χ0) is 10.7. The molecule has 5 heteroatoms. The fraction of sp³-hybridized carbons (Fsp3) is 0.333. The fourth-order valence-corrected chi connectivity index (χ4v) is 1.36. The van der Waals surface area contributed by atoms with Crippen molar-refractivity contribution in [1.82, 2.24) is 9.78 Å². The predicted octanol–water partition coefficient (Wildman–Crippen LogP) is 0.976. The largest absolute Gasteiger partial charge is 0.369 e. The molecule has 0 fully saturated rings. The van der Waals surface area contributed by atoms with Gasteiger partial charge >= 0.3 is 0 Å². The first-order valence-corrected chi connectivity index (χ1v) is 4.80. The van der Waals surface area contributed by atoms with Crippen LogP contribution in [0.5, 0.6) is 0 Å². The highest BCUT2D eigenvalue weighted by molar-refractivity contribution is 9.10. The summed E-state index contributed by atoms with van der Waals surface area (Å²) in [5.74, 6) is 2.51. The normalized spacial score (nSPS) is 11.9. The van der Waals surface area contributed by atoms with Crippen LogP contribution in [0.25, 0.3) is 0 Å². The SMILES string of the molecule is C#CC(C)Nc1cnn(C)c(=O)c1Br. The van der Waals surface area contributed by atoms with Crippen molar-refractivity contribution in [3.8, 4) is 12.3 Å². The van der Waals surface area contributed by atoms with Crippen molar-refractivity contribution in [2.45, 2.75) is 13.0 Å². The summed E-state index contributed by atoms with van der Waals surface area (Å²) >= 11 is 3.18. The molecule has 0 amide bonds.